The fraction of sp³-hybridized carbons (Fsp3) is 0.230. The summed E-state index contributed by atoms with van der Waals surface area (Å²) in [5.74, 6) is 48.5. The van der Waals surface area contributed by atoms with Crippen molar-refractivity contribution in [3.05, 3.63) is 90.9 Å². The molecule has 39 heteroatoms. The summed E-state index contributed by atoms with van der Waals surface area (Å²) in [7, 11) is 45.8. The number of hydrogen-bond donors (Lipinski definition) is 3. The van der Waals surface area contributed by atoms with Gasteiger partial charge in [-0.15, -0.1) is 24.4 Å². The Hall–Kier alpha value is -5.97. The smallest absolute Gasteiger partial charge is 1.00 e. The van der Waals surface area contributed by atoms with Crippen molar-refractivity contribution in [2.75, 3.05) is 10.6 Å². The first-order chi connectivity index (χ1) is 46.1. The molecule has 100 heavy (non-hydrogen) atoms. The molecule has 0 atom stereocenters. The van der Waals surface area contributed by atoms with Crippen molar-refractivity contribution in [2.24, 2.45) is 0 Å². The third-order valence-electron chi connectivity index (χ3n) is 10.1. The van der Waals surface area contributed by atoms with Gasteiger partial charge >= 0.3 is 115 Å². The third-order valence-corrected chi connectivity index (χ3v) is 12.0. The van der Waals surface area contributed by atoms with Gasteiger partial charge in [-0.2, -0.15) is 0 Å². The minimum atomic E-state index is -0.754. The second-order valence-corrected chi connectivity index (χ2v) is 21.7. The number of anilines is 2. The number of carbonyl (C=O) groups excluding carboxylic acids is 5. The molecule has 0 aliphatic carbocycles. The van der Waals surface area contributed by atoms with Crippen LogP contribution in [0.25, 0.3) is 0 Å². The van der Waals surface area contributed by atoms with Crippen molar-refractivity contribution in [1.82, 2.24) is 19.9 Å². The summed E-state index contributed by atoms with van der Waals surface area (Å²) in [6.45, 7) is 16.9. The molecule has 2 aromatic carbocycles. The van der Waals surface area contributed by atoms with Crippen LogP contribution in [-0.4, -0.2) is 175 Å². The number of carbonyl (C=O) groups is 5. The number of aromatic nitrogens is 4. The Morgan fingerprint density at radius 1 is 0.640 bits per heavy atom. The Morgan fingerprint density at radius 3 is 1.28 bits per heavy atom. The molecule has 2 heterocycles. The quantitative estimate of drug-likeness (QED) is 0.0280. The second-order valence-electron chi connectivity index (χ2n) is 19.8. The van der Waals surface area contributed by atoms with Crippen LogP contribution in [0.5, 0.6) is 11.5 Å². The predicted octanol–water partition coefficient (Wildman–Crippen LogP) is -2.44. The summed E-state index contributed by atoms with van der Waals surface area (Å²) >= 11 is 11.5. The van der Waals surface area contributed by atoms with Gasteiger partial charge in [0.1, 0.15) is 40.9 Å². The van der Waals surface area contributed by atoms with E-state index in [1.54, 1.807) is 74.7 Å². The first-order valence-electron chi connectivity index (χ1n) is 27.3. The van der Waals surface area contributed by atoms with Crippen molar-refractivity contribution >= 4 is 194 Å². The molecule has 0 saturated carbocycles. The minimum absolute atomic E-state index is 0. The van der Waals surface area contributed by atoms with Crippen molar-refractivity contribution in [2.45, 2.75) is 92.9 Å². The van der Waals surface area contributed by atoms with Gasteiger partial charge in [0.2, 0.25) is 11.9 Å². The van der Waals surface area contributed by atoms with Crippen LogP contribution in [0.4, 0.5) is 30.3 Å². The normalized spacial score (nSPS) is 8.34. The second kappa shape index (κ2) is 60.6. The van der Waals surface area contributed by atoms with Crippen LogP contribution < -0.4 is 123 Å². The third kappa shape index (κ3) is 49.6. The van der Waals surface area contributed by atoms with Gasteiger partial charge in [0.25, 0.3) is 6.47 Å². The topological polar surface area (TPSA) is 241 Å². The summed E-state index contributed by atoms with van der Waals surface area (Å²) in [5.41, 5.74) is 0.883. The van der Waals surface area contributed by atoms with Gasteiger partial charge in [0, 0.05) is 165 Å². The summed E-state index contributed by atoms with van der Waals surface area (Å²) < 4.78 is 43.1. The number of phenols is 1. The molecule has 17 radical (unpaired) electrons. The van der Waals surface area contributed by atoms with Gasteiger partial charge in [-0.1, -0.05) is 11.8 Å². The van der Waals surface area contributed by atoms with Gasteiger partial charge in [-0.3, -0.25) is 25.0 Å². The molecular weight excluding hydrogens is 1470 g/mol. The van der Waals surface area contributed by atoms with E-state index in [1.807, 2.05) is 0 Å². The number of nitrogens with zero attached hydrogens (tertiary/aromatic N) is 4. The number of nitrogens with one attached hydrogen (secondary N) is 2. The number of aldehydes is 2. The molecule has 4 rings (SSSR count). The molecule has 0 spiro atoms. The molecule has 471 valence electrons. The number of ether oxygens (including phenoxy) is 3. The SMILES string of the molecule is C#CC#CC.C#CC#CC#CC#CC#CC#CC#CC#CC#CC.CC(C)(C)OC(=O)Nc1ncc(CCl)cn1.Cc1c(O)cc(C=O)c(Br)c1F.Cc1c(OCc2cnc(NC(=O)OC(C)(C)C)nc2)cc(C=O)c(Br)c1F.O=CO[O-].[B][B]B([B])B(B([B])[B])B(B([B])[B])B([B])[B].[H-].[K+].[K+]. The van der Waals surface area contributed by atoms with E-state index in [1.165, 1.54) is 38.5 Å². The Bertz CT molecular complexity index is 4020. The molecule has 17 nitrogen and oxygen atoms in total. The van der Waals surface area contributed by atoms with Crippen LogP contribution in [-0.2, 0) is 31.6 Å². The zero-order valence-corrected chi connectivity index (χ0v) is 66.8. The van der Waals surface area contributed by atoms with E-state index in [4.69, 9.17) is 116 Å². The van der Waals surface area contributed by atoms with E-state index in [-0.39, 0.29) is 172 Å². The molecule has 0 saturated heterocycles. The molecule has 0 aliphatic heterocycles. The number of amides is 2. The molecule has 4 aromatic rings. The van der Waals surface area contributed by atoms with E-state index in [2.05, 4.69) is 186 Å². The molecule has 2 aromatic heterocycles. The van der Waals surface area contributed by atoms with Gasteiger partial charge < -0.3 is 30.9 Å². The number of terminal acetylenes is 2. The van der Waals surface area contributed by atoms with Crippen molar-refractivity contribution in [1.29, 1.82) is 0 Å². The molecule has 3 N–H and O–H groups in total. The molecule has 0 fully saturated rings. The van der Waals surface area contributed by atoms with E-state index < -0.39 is 73.3 Å². The van der Waals surface area contributed by atoms with Crippen LogP contribution in [0.3, 0.4) is 0 Å². The standard InChI is InChI=1S/C19H4.C18H19BrFN3O4.C10H14ClN3O2.C8H6BrFO2.C5H4.CH2O3.B15.2K.H/c1-3-5-7-9-11-13-15-17-19-18-16-14-12-10-8-6-4-2;1-10-13(5-12(8-24)14(19)15(10)20)26-9-11-6-21-16(22-7-11)23-17(25)27-18(2,3)4;1-10(2,3)16-9(15)14-8-12-5-7(4-11)6-13-8;1-4-6(12)2-5(3-11)7(9)8(4)10;1-3-5-4-2;2-1-4-3;1-9-13(8)15(12(6)7)14(10(2)3)11(4)5;;;/h1H,2H3;5-8H,9H2,1-4H3,(H,21,22,23,25);5-6H,4H2,1-3H3,(H,12,13,14,15);2-3,12H,1H3;1H,2H3;1,3H;;;;/q;;;;;;;2*+1;-1/p-1. The molecular formula is C61H49B15Br2ClF2K2N6O11. The number of phenolic OH excluding ortho intramolecular Hbond substituents is 1. The van der Waals surface area contributed by atoms with Gasteiger partial charge in [0.05, 0.1) is 14.8 Å². The average molecular weight is 1520 g/mol. The maximum atomic E-state index is 14.1. The number of benzene rings is 2. The Kier molecular flexibility index (Phi) is 62.2. The zero-order chi connectivity index (χ0) is 75.4. The number of aromatic hydroxyl groups is 1. The molecule has 0 bridgehead atoms. The first kappa shape index (κ1) is 103. The maximum Gasteiger partial charge on any atom is 1.00 e. The minimum Gasteiger partial charge on any atom is -1.00 e. The average Bonchev–Trinajstić information content (AvgIpc) is 0.839. The van der Waals surface area contributed by atoms with E-state index in [0.717, 1.165) is 5.56 Å². The maximum absolute atomic E-state index is 14.1. The van der Waals surface area contributed by atoms with Crippen LogP contribution in [0.15, 0.2) is 45.9 Å². The van der Waals surface area contributed by atoms with Crippen LogP contribution >= 0.6 is 43.5 Å². The van der Waals surface area contributed by atoms with E-state index >= 15 is 0 Å². The zero-order valence-electron chi connectivity index (χ0n) is 57.6. The Morgan fingerprint density at radius 2 is 0.980 bits per heavy atom. The van der Waals surface area contributed by atoms with Crippen molar-refractivity contribution < 1.29 is 166 Å². The number of rotatable bonds is 15. The van der Waals surface area contributed by atoms with Crippen LogP contribution in [0, 0.1) is 157 Å². The number of halogens is 5. The summed E-state index contributed by atoms with van der Waals surface area (Å²) in [5, 5.41) is 22.4. The van der Waals surface area contributed by atoms with Gasteiger partial charge in [0.15, 0.2) is 12.6 Å². The van der Waals surface area contributed by atoms with Crippen molar-refractivity contribution in [3.8, 4) is 143 Å². The van der Waals surface area contributed by atoms with Crippen molar-refractivity contribution in [3.63, 3.8) is 0 Å². The van der Waals surface area contributed by atoms with Gasteiger partial charge in [-0.05, 0) is 220 Å². The van der Waals surface area contributed by atoms with E-state index in [9.17, 15) is 28.0 Å². The largest absolute Gasteiger partial charge is 1.00 e. The summed E-state index contributed by atoms with van der Waals surface area (Å²) in [4.78, 5) is 71.5. The number of alkyl halides is 1. The van der Waals surface area contributed by atoms with Crippen LogP contribution in [0.1, 0.15) is 99.8 Å². The summed E-state index contributed by atoms with van der Waals surface area (Å²) in [6, 6.07) is 2.67. The molecule has 2 amide bonds. The molecule has 0 unspecified atom stereocenters. The van der Waals surface area contributed by atoms with Crippen LogP contribution in [0.2, 0.25) is 0 Å². The van der Waals surface area contributed by atoms with E-state index in [0.29, 0.717) is 24.0 Å². The first-order valence-corrected chi connectivity index (χ1v) is 29.5. The summed E-state index contributed by atoms with van der Waals surface area (Å²) in [6.07, 6.45) is 11.6. The fourth-order valence-corrected chi connectivity index (χ4v) is 7.08. The molecule has 0 aliphatic rings. The Labute approximate surface area is 708 Å². The number of hydrogen-bond acceptors (Lipinski definition) is 15. The Balaban J connectivity index is -0.000000275. The predicted molar refractivity (Wildman–Crippen MR) is 401 cm³/mol. The monoisotopic (exact) mass is 1520 g/mol. The van der Waals surface area contributed by atoms with Gasteiger partial charge in [-0.25, -0.2) is 38.3 Å². The fourth-order valence-electron chi connectivity index (χ4n) is 5.93.